The molecule has 19 heavy (non-hydrogen) atoms. The zero-order chi connectivity index (χ0) is 13.7. The Hall–Kier alpha value is -1.35. The largest absolute Gasteiger partial charge is 0.493 e. The maximum absolute atomic E-state index is 5.78. The lowest BCUT2D eigenvalue weighted by molar-refractivity contribution is 0.322. The van der Waals surface area contributed by atoms with Gasteiger partial charge in [-0.2, -0.15) is 0 Å². The van der Waals surface area contributed by atoms with Crippen LogP contribution in [-0.2, 0) is 6.42 Å². The molecule has 0 saturated carbocycles. The standard InChI is InChI=1S/C16H21NOS/c1-4-12(2)14-5-7-15(8-6-14)18-10-9-16-13(3)17-11-19-16/h5-8,11-12H,4,9-10H2,1-3H3. The summed E-state index contributed by atoms with van der Waals surface area (Å²) in [6, 6.07) is 8.48. The number of thiazole rings is 1. The van der Waals surface area contributed by atoms with Crippen LogP contribution in [-0.4, -0.2) is 11.6 Å². The van der Waals surface area contributed by atoms with Gasteiger partial charge in [0.1, 0.15) is 5.75 Å². The van der Waals surface area contributed by atoms with Crippen LogP contribution in [0.4, 0.5) is 0 Å². The molecule has 0 saturated heterocycles. The Labute approximate surface area is 119 Å². The van der Waals surface area contributed by atoms with Crippen LogP contribution < -0.4 is 4.74 Å². The van der Waals surface area contributed by atoms with Crippen molar-refractivity contribution < 1.29 is 4.74 Å². The number of aromatic nitrogens is 1. The van der Waals surface area contributed by atoms with Crippen molar-refractivity contribution in [3.8, 4) is 5.75 Å². The van der Waals surface area contributed by atoms with Crippen molar-refractivity contribution in [3.05, 3.63) is 45.9 Å². The van der Waals surface area contributed by atoms with Gasteiger partial charge in [-0.25, -0.2) is 4.98 Å². The van der Waals surface area contributed by atoms with Crippen molar-refractivity contribution in [3.63, 3.8) is 0 Å². The Morgan fingerprint density at radius 1 is 1.26 bits per heavy atom. The highest BCUT2D eigenvalue weighted by molar-refractivity contribution is 7.09. The van der Waals surface area contributed by atoms with Crippen LogP contribution in [0, 0.1) is 6.92 Å². The summed E-state index contributed by atoms with van der Waals surface area (Å²) < 4.78 is 5.78. The second-order valence-corrected chi connectivity index (χ2v) is 5.78. The Bertz CT molecular complexity index is 504. The molecule has 2 aromatic rings. The summed E-state index contributed by atoms with van der Waals surface area (Å²) in [6.07, 6.45) is 2.11. The van der Waals surface area contributed by atoms with E-state index in [1.165, 1.54) is 16.9 Å². The molecule has 0 N–H and O–H groups in total. The first-order valence-electron chi connectivity index (χ1n) is 6.82. The SMILES string of the molecule is CCC(C)c1ccc(OCCc2scnc2C)cc1. The summed E-state index contributed by atoms with van der Waals surface area (Å²) in [4.78, 5) is 5.56. The lowest BCUT2D eigenvalue weighted by atomic mass is 9.99. The van der Waals surface area contributed by atoms with Crippen LogP contribution in [0.1, 0.15) is 42.3 Å². The minimum atomic E-state index is 0.619. The van der Waals surface area contributed by atoms with Crippen LogP contribution in [0.15, 0.2) is 29.8 Å². The van der Waals surface area contributed by atoms with Gasteiger partial charge in [0.25, 0.3) is 0 Å². The molecule has 1 heterocycles. The van der Waals surface area contributed by atoms with Gasteiger partial charge in [0.2, 0.25) is 0 Å². The molecule has 1 atom stereocenters. The highest BCUT2D eigenvalue weighted by Crippen LogP contribution is 2.21. The maximum Gasteiger partial charge on any atom is 0.119 e. The lowest BCUT2D eigenvalue weighted by Crippen LogP contribution is -2.01. The second-order valence-electron chi connectivity index (χ2n) is 4.84. The Morgan fingerprint density at radius 2 is 2.00 bits per heavy atom. The number of rotatable bonds is 6. The fourth-order valence-corrected chi connectivity index (χ4v) is 2.72. The van der Waals surface area contributed by atoms with Crippen LogP contribution in [0.5, 0.6) is 5.75 Å². The predicted octanol–water partition coefficient (Wildman–Crippen LogP) is 4.59. The van der Waals surface area contributed by atoms with Gasteiger partial charge in [-0.3, -0.25) is 0 Å². The van der Waals surface area contributed by atoms with Gasteiger partial charge in [-0.05, 0) is 37.0 Å². The average Bonchev–Trinajstić information content (AvgIpc) is 2.84. The first-order chi connectivity index (χ1) is 9.20. The molecule has 0 bridgehead atoms. The number of ether oxygens (including phenoxy) is 1. The number of nitrogens with zero attached hydrogens (tertiary/aromatic N) is 1. The van der Waals surface area contributed by atoms with Crippen molar-refractivity contribution in [2.24, 2.45) is 0 Å². The number of benzene rings is 1. The highest BCUT2D eigenvalue weighted by Gasteiger charge is 2.04. The molecule has 0 aliphatic heterocycles. The van der Waals surface area contributed by atoms with Crippen molar-refractivity contribution in [2.45, 2.75) is 39.5 Å². The average molecular weight is 275 g/mol. The van der Waals surface area contributed by atoms with E-state index in [4.69, 9.17) is 4.74 Å². The molecule has 0 radical (unpaired) electrons. The van der Waals surface area contributed by atoms with Gasteiger partial charge in [0.05, 0.1) is 17.8 Å². The molecule has 2 rings (SSSR count). The summed E-state index contributed by atoms with van der Waals surface area (Å²) in [5.74, 6) is 1.57. The van der Waals surface area contributed by atoms with E-state index in [9.17, 15) is 0 Å². The third-order valence-corrected chi connectivity index (χ3v) is 4.50. The Morgan fingerprint density at radius 3 is 2.58 bits per heavy atom. The van der Waals surface area contributed by atoms with E-state index >= 15 is 0 Å². The Balaban J connectivity index is 1.85. The summed E-state index contributed by atoms with van der Waals surface area (Å²) in [6.45, 7) is 7.23. The molecule has 1 aromatic carbocycles. The van der Waals surface area contributed by atoms with Gasteiger partial charge in [-0.1, -0.05) is 26.0 Å². The van der Waals surface area contributed by atoms with Gasteiger partial charge in [0, 0.05) is 11.3 Å². The van der Waals surface area contributed by atoms with E-state index < -0.39 is 0 Å². The summed E-state index contributed by atoms with van der Waals surface area (Å²) >= 11 is 1.70. The minimum Gasteiger partial charge on any atom is -0.493 e. The van der Waals surface area contributed by atoms with Crippen molar-refractivity contribution >= 4 is 11.3 Å². The number of hydrogen-bond donors (Lipinski definition) is 0. The normalized spacial score (nSPS) is 12.4. The molecule has 1 unspecified atom stereocenters. The topological polar surface area (TPSA) is 22.1 Å². The molecule has 102 valence electrons. The minimum absolute atomic E-state index is 0.619. The molecule has 2 nitrogen and oxygen atoms in total. The fraction of sp³-hybridized carbons (Fsp3) is 0.438. The van der Waals surface area contributed by atoms with E-state index in [1.807, 2.05) is 12.4 Å². The molecule has 0 aliphatic carbocycles. The second kappa shape index (κ2) is 6.71. The molecular formula is C16H21NOS. The number of hydrogen-bond acceptors (Lipinski definition) is 3. The third kappa shape index (κ3) is 3.80. The number of aryl methyl sites for hydroxylation is 1. The molecule has 0 spiro atoms. The molecule has 0 amide bonds. The van der Waals surface area contributed by atoms with E-state index in [1.54, 1.807) is 11.3 Å². The van der Waals surface area contributed by atoms with E-state index in [-0.39, 0.29) is 0 Å². The zero-order valence-corrected chi connectivity index (χ0v) is 12.7. The molecule has 1 aromatic heterocycles. The molecular weight excluding hydrogens is 254 g/mol. The molecule has 3 heteroatoms. The Kier molecular flexibility index (Phi) is 4.97. The van der Waals surface area contributed by atoms with Gasteiger partial charge in [-0.15, -0.1) is 11.3 Å². The molecule has 0 aliphatic rings. The zero-order valence-electron chi connectivity index (χ0n) is 11.8. The highest BCUT2D eigenvalue weighted by atomic mass is 32.1. The summed E-state index contributed by atoms with van der Waals surface area (Å²) in [7, 11) is 0. The maximum atomic E-state index is 5.78. The van der Waals surface area contributed by atoms with E-state index in [2.05, 4.69) is 43.1 Å². The monoisotopic (exact) mass is 275 g/mol. The van der Waals surface area contributed by atoms with Crippen LogP contribution in [0.25, 0.3) is 0 Å². The molecule has 0 fully saturated rings. The van der Waals surface area contributed by atoms with E-state index in [0.29, 0.717) is 12.5 Å². The summed E-state index contributed by atoms with van der Waals surface area (Å²) in [5, 5.41) is 0. The van der Waals surface area contributed by atoms with Crippen LogP contribution in [0.2, 0.25) is 0 Å². The fourth-order valence-electron chi connectivity index (χ4n) is 1.96. The van der Waals surface area contributed by atoms with Crippen molar-refractivity contribution in [1.82, 2.24) is 4.98 Å². The predicted molar refractivity (Wildman–Crippen MR) is 81.2 cm³/mol. The van der Waals surface area contributed by atoms with Gasteiger partial charge >= 0.3 is 0 Å². The van der Waals surface area contributed by atoms with Crippen molar-refractivity contribution in [1.29, 1.82) is 0 Å². The lowest BCUT2D eigenvalue weighted by Gasteiger charge is -2.10. The van der Waals surface area contributed by atoms with Gasteiger partial charge < -0.3 is 4.74 Å². The van der Waals surface area contributed by atoms with Crippen LogP contribution >= 0.6 is 11.3 Å². The van der Waals surface area contributed by atoms with E-state index in [0.717, 1.165) is 17.9 Å². The van der Waals surface area contributed by atoms with Gasteiger partial charge in [0.15, 0.2) is 0 Å². The summed E-state index contributed by atoms with van der Waals surface area (Å²) in [5.41, 5.74) is 4.40. The van der Waals surface area contributed by atoms with Crippen molar-refractivity contribution in [2.75, 3.05) is 6.61 Å². The smallest absolute Gasteiger partial charge is 0.119 e. The third-order valence-electron chi connectivity index (χ3n) is 3.50. The quantitative estimate of drug-likeness (QED) is 0.769. The first-order valence-corrected chi connectivity index (χ1v) is 7.70. The van der Waals surface area contributed by atoms with Crippen LogP contribution in [0.3, 0.4) is 0 Å². The first kappa shape index (κ1) is 14.1.